The molecule has 128 valence electrons. The zero-order valence-electron chi connectivity index (χ0n) is 12.8. The van der Waals surface area contributed by atoms with Gasteiger partial charge in [-0.15, -0.1) is 0 Å². The highest BCUT2D eigenvalue weighted by Crippen LogP contribution is 2.36. The summed E-state index contributed by atoms with van der Waals surface area (Å²) < 4.78 is 1.01. The summed E-state index contributed by atoms with van der Waals surface area (Å²) in [5.41, 5.74) is -0.811. The third-order valence-corrected chi connectivity index (χ3v) is 3.36. The number of hydrogen-bond donors (Lipinski definition) is 2. The van der Waals surface area contributed by atoms with Gasteiger partial charge in [-0.3, -0.25) is 19.5 Å². The van der Waals surface area contributed by atoms with Crippen molar-refractivity contribution in [2.75, 3.05) is 0 Å². The van der Waals surface area contributed by atoms with E-state index in [0.717, 1.165) is 29.1 Å². The predicted molar refractivity (Wildman–Crippen MR) is 85.1 cm³/mol. The molecule has 0 bridgehead atoms. The Balaban J connectivity index is 2.03. The van der Waals surface area contributed by atoms with E-state index in [1.54, 1.807) is 6.07 Å². The first-order valence-electron chi connectivity index (χ1n) is 6.92. The topological polar surface area (TPSA) is 168 Å². The maximum absolute atomic E-state index is 12.5. The predicted octanol–water partition coefficient (Wildman–Crippen LogP) is 1.34. The number of benzene rings is 1. The highest BCUT2D eigenvalue weighted by molar-refractivity contribution is 6.03. The van der Waals surface area contributed by atoms with E-state index in [2.05, 4.69) is 15.0 Å². The maximum Gasteiger partial charge on any atom is 0.315 e. The molecule has 0 spiro atoms. The number of rotatable bonds is 3. The van der Waals surface area contributed by atoms with Gasteiger partial charge in [0.1, 0.15) is 30.0 Å². The number of hydrogen-bond acceptors (Lipinski definition) is 9. The molecule has 0 aromatic heterocycles. The molecule has 2 aliphatic heterocycles. The Morgan fingerprint density at radius 3 is 2.77 bits per heavy atom. The molecule has 0 saturated carbocycles. The quantitative estimate of drug-likeness (QED) is 0.232. The summed E-state index contributed by atoms with van der Waals surface area (Å²) in [6, 6.07) is 3.60. The van der Waals surface area contributed by atoms with Crippen LogP contribution in [0.15, 0.2) is 36.6 Å². The molecule has 26 heavy (non-hydrogen) atoms. The average molecular weight is 352 g/mol. The van der Waals surface area contributed by atoms with Crippen molar-refractivity contribution in [3.05, 3.63) is 52.2 Å². The lowest BCUT2D eigenvalue weighted by Gasteiger charge is -2.05. The lowest BCUT2D eigenvalue weighted by atomic mass is 10.1. The summed E-state index contributed by atoms with van der Waals surface area (Å²) in [4.78, 5) is 34.1. The number of nitro benzene ring substituents is 1. The Morgan fingerprint density at radius 2 is 2.08 bits per heavy atom. The van der Waals surface area contributed by atoms with Gasteiger partial charge in [0, 0.05) is 12.3 Å². The monoisotopic (exact) mass is 352 g/mol. The molecule has 1 aromatic rings. The van der Waals surface area contributed by atoms with E-state index in [0.29, 0.717) is 11.5 Å². The molecular formula is C15H8N6O5. The van der Waals surface area contributed by atoms with E-state index in [1.807, 2.05) is 0 Å². The lowest BCUT2D eigenvalue weighted by molar-refractivity contribution is -0.386. The van der Waals surface area contributed by atoms with Crippen molar-refractivity contribution in [3.63, 3.8) is 0 Å². The molecule has 0 atom stereocenters. The highest BCUT2D eigenvalue weighted by Gasteiger charge is 2.20. The molecule has 0 radical (unpaired) electrons. The van der Waals surface area contributed by atoms with E-state index in [1.165, 1.54) is 12.5 Å². The van der Waals surface area contributed by atoms with Gasteiger partial charge in [0.25, 0.3) is 5.91 Å². The van der Waals surface area contributed by atoms with E-state index >= 15 is 0 Å². The molecule has 2 N–H and O–H groups in total. The largest absolute Gasteiger partial charge is 0.504 e. The fraction of sp³-hybridized carbons (Fsp3) is 0. The third kappa shape index (κ3) is 2.89. The van der Waals surface area contributed by atoms with Crippen LogP contribution in [-0.2, 0) is 0 Å². The van der Waals surface area contributed by atoms with Gasteiger partial charge >= 0.3 is 5.69 Å². The van der Waals surface area contributed by atoms with Crippen molar-refractivity contribution in [3.8, 4) is 29.1 Å². The fourth-order valence-electron chi connectivity index (χ4n) is 2.15. The molecule has 0 fully saturated rings. The van der Waals surface area contributed by atoms with Crippen molar-refractivity contribution in [1.82, 2.24) is 19.5 Å². The first-order chi connectivity index (χ1) is 12.4. The molecular weight excluding hydrogens is 344 g/mol. The Kier molecular flexibility index (Phi) is 3.99. The van der Waals surface area contributed by atoms with E-state index in [4.69, 9.17) is 0 Å². The maximum atomic E-state index is 12.5. The number of nitro groups is 1. The second kappa shape index (κ2) is 6.29. The van der Waals surface area contributed by atoms with Crippen LogP contribution in [0.2, 0.25) is 0 Å². The summed E-state index contributed by atoms with van der Waals surface area (Å²) in [5, 5.41) is 39.2. The highest BCUT2D eigenvalue weighted by atomic mass is 16.6. The van der Waals surface area contributed by atoms with E-state index < -0.39 is 28.0 Å². The van der Waals surface area contributed by atoms with Gasteiger partial charge in [-0.2, -0.15) is 5.26 Å². The van der Waals surface area contributed by atoms with Gasteiger partial charge in [0.15, 0.2) is 11.6 Å². The first kappa shape index (κ1) is 16.5. The molecule has 0 amide bonds. The van der Waals surface area contributed by atoms with Crippen molar-refractivity contribution >= 4 is 17.7 Å². The smallest absolute Gasteiger partial charge is 0.315 e. The Labute approximate surface area is 144 Å². The number of fused-ring (bicyclic) bond motifs is 1. The number of allylic oxidation sites excluding steroid dienone is 1. The normalized spacial score (nSPS) is 11.3. The van der Waals surface area contributed by atoms with Gasteiger partial charge in [-0.25, -0.2) is 15.0 Å². The first-order valence-corrected chi connectivity index (χ1v) is 6.92. The van der Waals surface area contributed by atoms with Crippen LogP contribution >= 0.6 is 0 Å². The van der Waals surface area contributed by atoms with Crippen molar-refractivity contribution < 1.29 is 19.9 Å². The second-order valence-corrected chi connectivity index (χ2v) is 5.00. The van der Waals surface area contributed by atoms with Gasteiger partial charge in [-0.1, -0.05) is 0 Å². The molecule has 0 saturated heterocycles. The fourth-order valence-corrected chi connectivity index (χ4v) is 2.15. The average Bonchev–Trinajstić information content (AvgIpc) is 3.09. The molecule has 0 unspecified atom stereocenters. The Hall–Kier alpha value is -4.33. The molecule has 11 heteroatoms. The minimum absolute atomic E-state index is 0.0142. The van der Waals surface area contributed by atoms with Crippen LogP contribution in [0.3, 0.4) is 0 Å². The SMILES string of the molecule is N#C/C(=C\c1cc(O)c(O)c([N+](=O)[O-])c1)C(=O)n1cnc2ncnc-2c1. The Bertz CT molecular complexity index is 1080. The number of imidazole rings is 1. The van der Waals surface area contributed by atoms with Crippen LogP contribution in [0.5, 0.6) is 11.5 Å². The Morgan fingerprint density at radius 1 is 1.31 bits per heavy atom. The van der Waals surface area contributed by atoms with Crippen LogP contribution < -0.4 is 0 Å². The molecule has 2 aliphatic rings. The van der Waals surface area contributed by atoms with Crippen LogP contribution in [0, 0.1) is 21.4 Å². The van der Waals surface area contributed by atoms with Gasteiger partial charge in [0.05, 0.1) is 4.92 Å². The van der Waals surface area contributed by atoms with Gasteiger partial charge in [-0.05, 0) is 17.7 Å². The number of nitriles is 1. The number of aromatic hydroxyl groups is 2. The number of nitrogens with zero attached hydrogens (tertiary/aromatic N) is 6. The summed E-state index contributed by atoms with van der Waals surface area (Å²) in [6.07, 6.45) is 4.80. The standard InChI is InChI=1S/C15H8N6O5/c16-4-9(1-8-2-11(21(25)26)13(23)12(22)3-8)15(24)20-5-10-14(19-7-20)18-6-17-10/h1-3,5-7,22-23H/b9-1+. The molecule has 11 nitrogen and oxygen atoms in total. The minimum atomic E-state index is -0.907. The zero-order chi connectivity index (χ0) is 18.8. The summed E-state index contributed by atoms with van der Waals surface area (Å²) in [5.74, 6) is -2.09. The van der Waals surface area contributed by atoms with Gasteiger partial charge in [0.2, 0.25) is 5.75 Å². The zero-order valence-corrected chi connectivity index (χ0v) is 12.8. The number of aromatic nitrogens is 4. The molecule has 0 aliphatic carbocycles. The summed E-state index contributed by atoms with van der Waals surface area (Å²) in [7, 11) is 0. The van der Waals surface area contributed by atoms with Crippen LogP contribution in [-0.4, -0.2) is 40.6 Å². The van der Waals surface area contributed by atoms with Crippen LogP contribution in [0.25, 0.3) is 17.6 Å². The van der Waals surface area contributed by atoms with Crippen molar-refractivity contribution in [2.45, 2.75) is 0 Å². The molecule has 1 aromatic carbocycles. The second-order valence-electron chi connectivity index (χ2n) is 5.00. The van der Waals surface area contributed by atoms with Gasteiger partial charge < -0.3 is 10.2 Å². The molecule has 3 rings (SSSR count). The number of carbonyl (C=O) groups is 1. The third-order valence-electron chi connectivity index (χ3n) is 3.36. The van der Waals surface area contributed by atoms with Crippen molar-refractivity contribution in [2.24, 2.45) is 0 Å². The summed E-state index contributed by atoms with van der Waals surface area (Å²) >= 11 is 0. The van der Waals surface area contributed by atoms with Crippen molar-refractivity contribution in [1.29, 1.82) is 5.26 Å². The van der Waals surface area contributed by atoms with Crippen LogP contribution in [0.1, 0.15) is 10.4 Å². The minimum Gasteiger partial charge on any atom is -0.504 e. The number of phenols is 2. The van der Waals surface area contributed by atoms with E-state index in [9.17, 15) is 30.4 Å². The number of phenolic OH excluding ortho intramolecular Hbond substituents is 2. The van der Waals surface area contributed by atoms with E-state index in [-0.39, 0.29) is 11.1 Å². The van der Waals surface area contributed by atoms with Crippen LogP contribution in [0.4, 0.5) is 5.69 Å². The number of carbonyl (C=O) groups excluding carboxylic acids is 1. The lowest BCUT2D eigenvalue weighted by Crippen LogP contribution is -2.14. The summed E-state index contributed by atoms with van der Waals surface area (Å²) in [6.45, 7) is 0. The molecule has 2 heterocycles.